The number of unbranched alkanes of at least 4 members (excludes halogenated alkanes) is 1. The van der Waals surface area contributed by atoms with Crippen LogP contribution in [0.5, 0.6) is 0 Å². The largest absolute Gasteiger partial charge is 0.433 e. The first-order chi connectivity index (χ1) is 13.5. The maximum absolute atomic E-state index is 11.9. The number of fused-ring (bicyclic) bond motifs is 1. The number of rotatable bonds is 10. The van der Waals surface area contributed by atoms with Crippen LogP contribution in [0.3, 0.4) is 0 Å². The van der Waals surface area contributed by atoms with Crippen LogP contribution in [0.2, 0.25) is 0 Å². The molecule has 2 aliphatic rings. The highest BCUT2D eigenvalue weighted by Crippen LogP contribution is 2.33. The third-order valence-electron chi connectivity index (χ3n) is 4.64. The summed E-state index contributed by atoms with van der Waals surface area (Å²) in [5.41, 5.74) is 0. The molecule has 3 atom stereocenters. The lowest BCUT2D eigenvalue weighted by molar-refractivity contribution is -0.402. The molecule has 1 aromatic heterocycles. The molecule has 9 nitrogen and oxygen atoms in total. The number of nitrogens with zero attached hydrogens (tertiary/aromatic N) is 2. The fraction of sp³-hybridized carbons (Fsp3) is 0.500. The van der Waals surface area contributed by atoms with Crippen molar-refractivity contribution in [2.75, 3.05) is 12.3 Å². The molecular weight excluding hydrogens is 384 g/mol. The summed E-state index contributed by atoms with van der Waals surface area (Å²) in [4.78, 5) is 37.2. The second-order valence-electron chi connectivity index (χ2n) is 6.69. The van der Waals surface area contributed by atoms with Crippen molar-refractivity contribution >= 4 is 41.8 Å². The molecule has 0 aromatic carbocycles. The normalized spacial score (nSPS) is 23.9. The average molecular weight is 406 g/mol. The van der Waals surface area contributed by atoms with E-state index in [-0.39, 0.29) is 36.3 Å². The second-order valence-corrected chi connectivity index (χ2v) is 7.96. The fourth-order valence-corrected chi connectivity index (χ4v) is 4.82. The highest BCUT2D eigenvalue weighted by atomic mass is 32.2. The molecule has 3 heterocycles. The van der Waals surface area contributed by atoms with Gasteiger partial charge >= 0.3 is 11.9 Å². The van der Waals surface area contributed by atoms with E-state index in [9.17, 15) is 19.7 Å². The Morgan fingerprint density at radius 3 is 3.04 bits per heavy atom. The maximum Gasteiger partial charge on any atom is 0.433 e. The Hall–Kier alpha value is -2.62. The molecule has 1 aromatic rings. The molecule has 150 valence electrons. The first-order valence-electron chi connectivity index (χ1n) is 9.14. The molecule has 0 radical (unpaired) electrons. The van der Waals surface area contributed by atoms with Crippen LogP contribution in [-0.2, 0) is 4.79 Å². The van der Waals surface area contributed by atoms with E-state index in [1.165, 1.54) is 18.3 Å². The molecule has 10 heteroatoms. The van der Waals surface area contributed by atoms with E-state index in [0.29, 0.717) is 17.4 Å². The van der Waals surface area contributed by atoms with Crippen molar-refractivity contribution in [3.05, 3.63) is 34.1 Å². The van der Waals surface area contributed by atoms with Gasteiger partial charge in [0.2, 0.25) is 0 Å². The molecule has 0 spiro atoms. The van der Waals surface area contributed by atoms with Gasteiger partial charge in [-0.1, -0.05) is 6.42 Å². The van der Waals surface area contributed by atoms with Crippen molar-refractivity contribution < 1.29 is 18.9 Å². The molecule has 2 fully saturated rings. The van der Waals surface area contributed by atoms with Crippen LogP contribution in [-0.4, -0.2) is 52.6 Å². The standard InChI is InChI=1S/C18H22N4O5S/c23-12(10-19-9-3-5-13-7-8-16(27-13)22(25)26)4-1-2-6-15-17-14(11-28-15)20-18(24)21-17/h3,5,7-9,14-15,17H,1-2,4,6,10-11H2,(H2,20,21,24)/b5-3+,19-9?/t14?,15-,17?/m0/s1. The van der Waals surface area contributed by atoms with Gasteiger partial charge in [0, 0.05) is 23.6 Å². The Morgan fingerprint density at radius 2 is 2.25 bits per heavy atom. The molecule has 3 rings (SSSR count). The topological polar surface area (TPSA) is 127 Å². The summed E-state index contributed by atoms with van der Waals surface area (Å²) in [6.45, 7) is 0.117. The Labute approximate surface area is 166 Å². The number of aliphatic imine (C=N–C) groups is 1. The van der Waals surface area contributed by atoms with Gasteiger partial charge in [-0.3, -0.25) is 19.9 Å². The van der Waals surface area contributed by atoms with E-state index in [0.717, 1.165) is 25.0 Å². The number of furan rings is 1. The van der Waals surface area contributed by atoms with Gasteiger partial charge in [-0.2, -0.15) is 11.8 Å². The number of carbonyl (C=O) groups excluding carboxylic acids is 2. The number of allylic oxidation sites excluding steroid dienone is 1. The van der Waals surface area contributed by atoms with Crippen molar-refractivity contribution in [2.24, 2.45) is 4.99 Å². The van der Waals surface area contributed by atoms with Crippen LogP contribution in [0, 0.1) is 10.1 Å². The lowest BCUT2D eigenvalue weighted by Gasteiger charge is -2.16. The molecule has 28 heavy (non-hydrogen) atoms. The minimum atomic E-state index is -0.603. The van der Waals surface area contributed by atoms with Gasteiger partial charge in [-0.15, -0.1) is 0 Å². The second kappa shape index (κ2) is 9.54. The van der Waals surface area contributed by atoms with Crippen LogP contribution in [0.25, 0.3) is 6.08 Å². The van der Waals surface area contributed by atoms with Crippen molar-refractivity contribution in [3.63, 3.8) is 0 Å². The number of hydrogen-bond donors (Lipinski definition) is 2. The summed E-state index contributed by atoms with van der Waals surface area (Å²) >= 11 is 1.88. The van der Waals surface area contributed by atoms with Gasteiger partial charge in [0.05, 0.1) is 24.7 Å². The lowest BCUT2D eigenvalue weighted by Crippen LogP contribution is -2.36. The Bertz CT molecular complexity index is 791. The van der Waals surface area contributed by atoms with Crippen molar-refractivity contribution in [3.8, 4) is 0 Å². The number of nitrogens with one attached hydrogen (secondary N) is 2. The van der Waals surface area contributed by atoms with Crippen LogP contribution in [0.15, 0.2) is 27.6 Å². The zero-order chi connectivity index (χ0) is 19.9. The molecule has 0 aliphatic carbocycles. The highest BCUT2D eigenvalue weighted by Gasteiger charge is 2.42. The number of urea groups is 1. The molecule has 0 bridgehead atoms. The summed E-state index contributed by atoms with van der Waals surface area (Å²) in [5.74, 6) is 1.06. The van der Waals surface area contributed by atoms with Gasteiger partial charge in [-0.25, -0.2) is 4.79 Å². The highest BCUT2D eigenvalue weighted by molar-refractivity contribution is 8.00. The van der Waals surface area contributed by atoms with Crippen LogP contribution < -0.4 is 10.6 Å². The summed E-state index contributed by atoms with van der Waals surface area (Å²) in [7, 11) is 0. The number of nitro groups is 1. The summed E-state index contributed by atoms with van der Waals surface area (Å²) < 4.78 is 4.97. The van der Waals surface area contributed by atoms with E-state index in [1.807, 2.05) is 11.8 Å². The average Bonchev–Trinajstić information content (AvgIpc) is 3.35. The third-order valence-corrected chi connectivity index (χ3v) is 6.15. The zero-order valence-electron chi connectivity index (χ0n) is 15.2. The maximum atomic E-state index is 11.9. The van der Waals surface area contributed by atoms with E-state index in [1.54, 1.807) is 12.2 Å². The monoisotopic (exact) mass is 406 g/mol. The zero-order valence-corrected chi connectivity index (χ0v) is 16.0. The van der Waals surface area contributed by atoms with E-state index in [2.05, 4.69) is 15.6 Å². The first kappa shape index (κ1) is 20.1. The third kappa shape index (κ3) is 5.44. The van der Waals surface area contributed by atoms with Gasteiger partial charge in [-0.05, 0) is 31.1 Å². The van der Waals surface area contributed by atoms with E-state index < -0.39 is 4.92 Å². The van der Waals surface area contributed by atoms with E-state index >= 15 is 0 Å². The van der Waals surface area contributed by atoms with Gasteiger partial charge in [0.15, 0.2) is 5.78 Å². The summed E-state index contributed by atoms with van der Waals surface area (Å²) in [5, 5.41) is 16.8. The Kier molecular flexibility index (Phi) is 6.85. The van der Waals surface area contributed by atoms with Crippen LogP contribution in [0.1, 0.15) is 31.4 Å². The quantitative estimate of drug-likeness (QED) is 0.202. The minimum Gasteiger partial charge on any atom is -0.401 e. The Balaban J connectivity index is 1.28. The predicted molar refractivity (Wildman–Crippen MR) is 107 cm³/mol. The first-order valence-corrected chi connectivity index (χ1v) is 10.2. The number of hydrogen-bond acceptors (Lipinski definition) is 7. The van der Waals surface area contributed by atoms with Crippen molar-refractivity contribution in [1.82, 2.24) is 10.6 Å². The molecule has 2 aliphatic heterocycles. The van der Waals surface area contributed by atoms with Crippen LogP contribution in [0.4, 0.5) is 10.7 Å². The predicted octanol–water partition coefficient (Wildman–Crippen LogP) is 2.57. The number of amides is 2. The Morgan fingerprint density at radius 1 is 1.39 bits per heavy atom. The number of thioether (sulfide) groups is 1. The van der Waals surface area contributed by atoms with Crippen LogP contribution >= 0.6 is 11.8 Å². The molecule has 2 amide bonds. The SMILES string of the molecule is O=C(CCCC[C@@H]1SCC2NC(=O)NC21)CN=C/C=C/c1ccc([N+](=O)[O-])o1. The van der Waals surface area contributed by atoms with Gasteiger partial charge in [0.25, 0.3) is 0 Å². The molecular formula is C18H22N4O5S. The summed E-state index contributed by atoms with van der Waals surface area (Å²) in [6.07, 6.45) is 7.85. The summed E-state index contributed by atoms with van der Waals surface area (Å²) in [6, 6.07) is 3.14. The fourth-order valence-electron chi connectivity index (χ4n) is 3.27. The van der Waals surface area contributed by atoms with Gasteiger partial charge < -0.3 is 15.1 Å². The smallest absolute Gasteiger partial charge is 0.401 e. The lowest BCUT2D eigenvalue weighted by atomic mass is 10.0. The molecule has 2 unspecified atom stereocenters. The molecule has 2 N–H and O–H groups in total. The number of ketones is 1. The van der Waals surface area contributed by atoms with Gasteiger partial charge in [0.1, 0.15) is 10.7 Å². The number of Topliss-reactive ketones (excluding diaryl/α,β-unsaturated/α-hetero) is 1. The molecule has 0 saturated carbocycles. The van der Waals surface area contributed by atoms with E-state index in [4.69, 9.17) is 4.42 Å². The molecule has 2 saturated heterocycles. The minimum absolute atomic E-state index is 0.0751. The van der Waals surface area contributed by atoms with Crippen molar-refractivity contribution in [1.29, 1.82) is 0 Å². The van der Waals surface area contributed by atoms with Crippen molar-refractivity contribution in [2.45, 2.75) is 43.0 Å². The number of carbonyl (C=O) groups is 2.